The van der Waals surface area contributed by atoms with Crippen LogP contribution in [0.3, 0.4) is 0 Å². The van der Waals surface area contributed by atoms with Gasteiger partial charge >= 0.3 is 0 Å². The van der Waals surface area contributed by atoms with Crippen LogP contribution in [-0.2, 0) is 16.0 Å². The van der Waals surface area contributed by atoms with Crippen LogP contribution in [0.4, 0.5) is 0 Å². The fourth-order valence-corrected chi connectivity index (χ4v) is 2.97. The molecule has 2 aromatic carbocycles. The van der Waals surface area contributed by atoms with E-state index in [1.54, 1.807) is 0 Å². The van der Waals surface area contributed by atoms with Gasteiger partial charge in [-0.1, -0.05) is 54.6 Å². The summed E-state index contributed by atoms with van der Waals surface area (Å²) in [5, 5.41) is 9.57. The van der Waals surface area contributed by atoms with E-state index in [1.165, 1.54) is 4.90 Å². The number of hydrogen-bond acceptors (Lipinski definition) is 3. The van der Waals surface area contributed by atoms with E-state index in [0.29, 0.717) is 6.42 Å². The summed E-state index contributed by atoms with van der Waals surface area (Å²) in [5.41, 5.74) is 3.25. The van der Waals surface area contributed by atoms with Crippen LogP contribution in [0.5, 0.6) is 0 Å². The molecule has 0 spiro atoms. The van der Waals surface area contributed by atoms with E-state index in [1.807, 2.05) is 54.6 Å². The van der Waals surface area contributed by atoms with Gasteiger partial charge in [0, 0.05) is 12.8 Å². The Labute approximate surface area is 135 Å². The van der Waals surface area contributed by atoms with Gasteiger partial charge in [0.1, 0.15) is 0 Å². The number of benzene rings is 2. The average molecular weight is 309 g/mol. The molecule has 1 atom stereocenters. The van der Waals surface area contributed by atoms with Crippen molar-refractivity contribution >= 4 is 11.8 Å². The highest BCUT2D eigenvalue weighted by molar-refractivity contribution is 6.02. The van der Waals surface area contributed by atoms with Crippen molar-refractivity contribution in [2.75, 3.05) is 6.61 Å². The summed E-state index contributed by atoms with van der Waals surface area (Å²) < 4.78 is 0. The lowest BCUT2D eigenvalue weighted by Crippen LogP contribution is -2.43. The molecule has 0 radical (unpaired) electrons. The number of aliphatic hydroxyl groups excluding tert-OH is 1. The normalized spacial score (nSPS) is 16.0. The van der Waals surface area contributed by atoms with E-state index in [4.69, 9.17) is 0 Å². The SMILES string of the molecule is O=C1CCC(=O)N1[C@@H](CO)Cc1ccc(-c2ccccc2)cc1. The molecule has 0 saturated carbocycles. The summed E-state index contributed by atoms with van der Waals surface area (Å²) in [5.74, 6) is -0.370. The molecule has 1 saturated heterocycles. The van der Waals surface area contributed by atoms with E-state index in [-0.39, 0.29) is 31.3 Å². The molecule has 118 valence electrons. The third kappa shape index (κ3) is 3.32. The van der Waals surface area contributed by atoms with Gasteiger partial charge in [-0.25, -0.2) is 0 Å². The van der Waals surface area contributed by atoms with Gasteiger partial charge in [-0.15, -0.1) is 0 Å². The Hall–Kier alpha value is -2.46. The maximum atomic E-state index is 11.8. The molecular weight excluding hydrogens is 290 g/mol. The molecule has 3 rings (SSSR count). The zero-order valence-corrected chi connectivity index (χ0v) is 12.8. The summed E-state index contributed by atoms with van der Waals surface area (Å²) in [6.45, 7) is -0.210. The zero-order valence-electron chi connectivity index (χ0n) is 12.8. The number of hydrogen-bond donors (Lipinski definition) is 1. The Kier molecular flexibility index (Phi) is 4.53. The molecule has 0 unspecified atom stereocenters. The molecule has 0 bridgehead atoms. The van der Waals surface area contributed by atoms with Crippen molar-refractivity contribution in [2.45, 2.75) is 25.3 Å². The first kappa shape index (κ1) is 15.4. The number of aliphatic hydroxyl groups is 1. The fraction of sp³-hybridized carbons (Fsp3) is 0.263. The second kappa shape index (κ2) is 6.75. The summed E-state index contributed by atoms with van der Waals surface area (Å²) in [6, 6.07) is 17.6. The van der Waals surface area contributed by atoms with Crippen molar-refractivity contribution in [3.05, 3.63) is 60.2 Å². The molecule has 1 fully saturated rings. The van der Waals surface area contributed by atoms with Crippen LogP contribution in [0, 0.1) is 0 Å². The Bertz CT molecular complexity index is 678. The highest BCUT2D eigenvalue weighted by Gasteiger charge is 2.34. The smallest absolute Gasteiger partial charge is 0.230 e. The molecule has 2 aromatic rings. The minimum Gasteiger partial charge on any atom is -0.394 e. The lowest BCUT2D eigenvalue weighted by atomic mass is 10.0. The van der Waals surface area contributed by atoms with Crippen molar-refractivity contribution in [3.63, 3.8) is 0 Å². The molecule has 1 aliphatic rings. The lowest BCUT2D eigenvalue weighted by Gasteiger charge is -2.24. The van der Waals surface area contributed by atoms with Crippen molar-refractivity contribution in [1.82, 2.24) is 4.90 Å². The van der Waals surface area contributed by atoms with Crippen LogP contribution in [0.15, 0.2) is 54.6 Å². The van der Waals surface area contributed by atoms with E-state index in [2.05, 4.69) is 0 Å². The number of rotatable bonds is 5. The number of amides is 2. The van der Waals surface area contributed by atoms with Gasteiger partial charge in [0.05, 0.1) is 12.6 Å². The Balaban J connectivity index is 1.74. The fourth-order valence-electron chi connectivity index (χ4n) is 2.97. The minimum atomic E-state index is -0.472. The van der Waals surface area contributed by atoms with Gasteiger partial charge in [0.15, 0.2) is 0 Å². The molecule has 1 aliphatic heterocycles. The van der Waals surface area contributed by atoms with Gasteiger partial charge in [0.2, 0.25) is 11.8 Å². The number of nitrogens with zero attached hydrogens (tertiary/aromatic N) is 1. The van der Waals surface area contributed by atoms with Crippen molar-refractivity contribution in [3.8, 4) is 11.1 Å². The Morgan fingerprint density at radius 2 is 1.43 bits per heavy atom. The van der Waals surface area contributed by atoms with E-state index < -0.39 is 6.04 Å². The van der Waals surface area contributed by atoms with Crippen molar-refractivity contribution in [2.24, 2.45) is 0 Å². The van der Waals surface area contributed by atoms with Gasteiger partial charge in [-0.05, 0) is 23.1 Å². The van der Waals surface area contributed by atoms with E-state index >= 15 is 0 Å². The number of likely N-dealkylation sites (tertiary alicyclic amines) is 1. The molecule has 0 aromatic heterocycles. The predicted molar refractivity (Wildman–Crippen MR) is 87.5 cm³/mol. The largest absolute Gasteiger partial charge is 0.394 e. The van der Waals surface area contributed by atoms with Gasteiger partial charge in [-0.2, -0.15) is 0 Å². The standard InChI is InChI=1S/C19H19NO3/c21-13-17(20-18(22)10-11-19(20)23)12-14-6-8-16(9-7-14)15-4-2-1-3-5-15/h1-9,17,21H,10-13H2/t17-/m1/s1. The summed E-state index contributed by atoms with van der Waals surface area (Å²) in [6.07, 6.45) is 0.980. The predicted octanol–water partition coefficient (Wildman–Crippen LogP) is 2.41. The zero-order chi connectivity index (χ0) is 16.2. The average Bonchev–Trinajstić information content (AvgIpc) is 2.93. The second-order valence-electron chi connectivity index (χ2n) is 5.76. The van der Waals surface area contributed by atoms with Gasteiger partial charge in [-0.3, -0.25) is 14.5 Å². The highest BCUT2D eigenvalue weighted by Crippen LogP contribution is 2.22. The lowest BCUT2D eigenvalue weighted by molar-refractivity contribution is -0.142. The van der Waals surface area contributed by atoms with Crippen LogP contribution >= 0.6 is 0 Å². The quantitative estimate of drug-likeness (QED) is 0.863. The molecule has 4 heteroatoms. The van der Waals surface area contributed by atoms with E-state index in [9.17, 15) is 14.7 Å². The van der Waals surface area contributed by atoms with Crippen LogP contribution in [0.1, 0.15) is 18.4 Å². The molecule has 2 amide bonds. The molecule has 1 heterocycles. The number of imide groups is 1. The van der Waals surface area contributed by atoms with Crippen LogP contribution in [0.25, 0.3) is 11.1 Å². The molecule has 1 N–H and O–H groups in total. The first-order valence-corrected chi connectivity index (χ1v) is 7.79. The second-order valence-corrected chi connectivity index (χ2v) is 5.76. The summed E-state index contributed by atoms with van der Waals surface area (Å²) in [7, 11) is 0. The van der Waals surface area contributed by atoms with E-state index in [0.717, 1.165) is 16.7 Å². The van der Waals surface area contributed by atoms with Crippen LogP contribution in [-0.4, -0.2) is 34.5 Å². The monoisotopic (exact) mass is 309 g/mol. The van der Waals surface area contributed by atoms with Crippen molar-refractivity contribution < 1.29 is 14.7 Å². The van der Waals surface area contributed by atoms with Gasteiger partial charge in [0.25, 0.3) is 0 Å². The molecule has 0 aliphatic carbocycles. The number of carbonyl (C=O) groups excluding carboxylic acids is 2. The van der Waals surface area contributed by atoms with Crippen LogP contribution in [0.2, 0.25) is 0 Å². The van der Waals surface area contributed by atoms with Crippen LogP contribution < -0.4 is 0 Å². The van der Waals surface area contributed by atoms with Crippen molar-refractivity contribution in [1.29, 1.82) is 0 Å². The maximum absolute atomic E-state index is 11.8. The topological polar surface area (TPSA) is 57.6 Å². The Morgan fingerprint density at radius 3 is 2.00 bits per heavy atom. The minimum absolute atomic E-state index is 0.185. The molecule has 23 heavy (non-hydrogen) atoms. The summed E-state index contributed by atoms with van der Waals surface area (Å²) in [4.78, 5) is 24.8. The molecule has 4 nitrogen and oxygen atoms in total. The Morgan fingerprint density at radius 1 is 0.870 bits per heavy atom. The third-order valence-electron chi connectivity index (χ3n) is 4.20. The third-order valence-corrected chi connectivity index (χ3v) is 4.20. The highest BCUT2D eigenvalue weighted by atomic mass is 16.3. The first-order chi connectivity index (χ1) is 11.2. The number of carbonyl (C=O) groups is 2. The molecular formula is C19H19NO3. The first-order valence-electron chi connectivity index (χ1n) is 7.79. The maximum Gasteiger partial charge on any atom is 0.230 e. The summed E-state index contributed by atoms with van der Waals surface area (Å²) >= 11 is 0. The van der Waals surface area contributed by atoms with Gasteiger partial charge < -0.3 is 5.11 Å².